The first-order valence-corrected chi connectivity index (χ1v) is 8.48. The van der Waals surface area contributed by atoms with Crippen molar-refractivity contribution in [3.05, 3.63) is 0 Å². The van der Waals surface area contributed by atoms with Crippen LogP contribution in [-0.4, -0.2) is 24.8 Å². The average molecular weight is 299 g/mol. The van der Waals surface area contributed by atoms with Gasteiger partial charge in [-0.2, -0.15) is 0 Å². The Labute approximate surface area is 103 Å². The predicted molar refractivity (Wildman–Crippen MR) is 70.3 cm³/mol. The highest BCUT2D eigenvalue weighted by Crippen LogP contribution is 2.32. The van der Waals surface area contributed by atoms with E-state index in [1.54, 1.807) is 6.92 Å². The van der Waals surface area contributed by atoms with Crippen molar-refractivity contribution in [3.63, 3.8) is 0 Å². The Kier molecular flexibility index (Phi) is 6.41. The van der Waals surface area contributed by atoms with Gasteiger partial charge in [-0.15, -0.1) is 0 Å². The number of sulfone groups is 1. The van der Waals surface area contributed by atoms with Crippen LogP contribution in [0.1, 0.15) is 47.0 Å². The molecule has 0 aromatic heterocycles. The van der Waals surface area contributed by atoms with Crippen molar-refractivity contribution in [2.24, 2.45) is 5.41 Å². The minimum atomic E-state index is -2.93. The third-order valence-corrected chi connectivity index (χ3v) is 7.24. The predicted octanol–water partition coefficient (Wildman–Crippen LogP) is 3.40. The lowest BCUT2D eigenvalue weighted by atomic mass is 9.87. The van der Waals surface area contributed by atoms with E-state index in [9.17, 15) is 8.42 Å². The summed E-state index contributed by atoms with van der Waals surface area (Å²) in [5.74, 6) is 0.313. The van der Waals surface area contributed by atoms with Gasteiger partial charge in [-0.1, -0.05) is 36.7 Å². The van der Waals surface area contributed by atoms with Crippen LogP contribution in [0.25, 0.3) is 0 Å². The quantitative estimate of drug-likeness (QED) is 0.675. The lowest BCUT2D eigenvalue weighted by Crippen LogP contribution is -2.34. The van der Waals surface area contributed by atoms with Crippen molar-refractivity contribution in [2.75, 3.05) is 11.1 Å². The van der Waals surface area contributed by atoms with Crippen LogP contribution in [0, 0.1) is 5.41 Å². The highest BCUT2D eigenvalue weighted by Gasteiger charge is 2.33. The monoisotopic (exact) mass is 298 g/mol. The molecule has 92 valence electrons. The summed E-state index contributed by atoms with van der Waals surface area (Å²) in [6.45, 7) is 7.86. The molecule has 2 nitrogen and oxygen atoms in total. The highest BCUT2D eigenvalue weighted by molar-refractivity contribution is 9.09. The normalized spacial score (nSPS) is 15.3. The van der Waals surface area contributed by atoms with Crippen LogP contribution in [0.15, 0.2) is 0 Å². The maximum atomic E-state index is 12.0. The van der Waals surface area contributed by atoms with Crippen LogP contribution >= 0.6 is 15.9 Å². The summed E-state index contributed by atoms with van der Waals surface area (Å²) in [6.07, 6.45) is 2.52. The van der Waals surface area contributed by atoms with Crippen LogP contribution in [0.4, 0.5) is 0 Å². The molecule has 4 heteroatoms. The molecule has 1 unspecified atom stereocenters. The summed E-state index contributed by atoms with van der Waals surface area (Å²) in [5.41, 5.74) is -0.0811. The maximum absolute atomic E-state index is 12.0. The number of alkyl halides is 1. The van der Waals surface area contributed by atoms with Gasteiger partial charge in [0.2, 0.25) is 0 Å². The Morgan fingerprint density at radius 3 is 1.93 bits per heavy atom. The molecule has 0 aliphatic rings. The zero-order chi connectivity index (χ0) is 12.1. The average Bonchev–Trinajstić information content (AvgIpc) is 2.24. The lowest BCUT2D eigenvalue weighted by Gasteiger charge is -2.30. The molecular weight excluding hydrogens is 276 g/mol. The second-order valence-electron chi connectivity index (χ2n) is 4.37. The standard InChI is InChI=1S/C11H23BrO2S/c1-5-10(4)15(13,14)9-11(6-2,7-3)8-12/h10H,5-9H2,1-4H3. The SMILES string of the molecule is CCC(C)S(=O)(=O)CC(CC)(CC)CBr. The molecule has 0 aromatic rings. The third kappa shape index (κ3) is 4.06. The maximum Gasteiger partial charge on any atom is 0.153 e. The summed E-state index contributed by atoms with van der Waals surface area (Å²) in [6, 6.07) is 0. The van der Waals surface area contributed by atoms with Crippen LogP contribution in [-0.2, 0) is 9.84 Å². The molecule has 0 N–H and O–H groups in total. The second kappa shape index (κ2) is 6.24. The van der Waals surface area contributed by atoms with E-state index in [2.05, 4.69) is 29.8 Å². The first-order chi connectivity index (χ1) is 6.87. The van der Waals surface area contributed by atoms with Crippen LogP contribution in [0.2, 0.25) is 0 Å². The van der Waals surface area contributed by atoms with Crippen molar-refractivity contribution in [2.45, 2.75) is 52.2 Å². The van der Waals surface area contributed by atoms with E-state index in [4.69, 9.17) is 0 Å². The second-order valence-corrected chi connectivity index (χ2v) is 7.35. The molecule has 0 saturated carbocycles. The zero-order valence-electron chi connectivity index (χ0n) is 10.2. The van der Waals surface area contributed by atoms with Gasteiger partial charge in [0.05, 0.1) is 11.0 Å². The van der Waals surface area contributed by atoms with Gasteiger partial charge in [0.25, 0.3) is 0 Å². The highest BCUT2D eigenvalue weighted by atomic mass is 79.9. The van der Waals surface area contributed by atoms with E-state index in [1.807, 2.05) is 6.92 Å². The number of hydrogen-bond acceptors (Lipinski definition) is 2. The summed E-state index contributed by atoms with van der Waals surface area (Å²) in [5, 5.41) is 0.553. The minimum absolute atomic E-state index is 0.0811. The van der Waals surface area contributed by atoms with Gasteiger partial charge in [-0.3, -0.25) is 0 Å². The molecule has 0 radical (unpaired) electrons. The summed E-state index contributed by atoms with van der Waals surface area (Å²) >= 11 is 3.45. The first-order valence-electron chi connectivity index (χ1n) is 5.65. The van der Waals surface area contributed by atoms with E-state index < -0.39 is 9.84 Å². The van der Waals surface area contributed by atoms with Crippen molar-refractivity contribution in [1.82, 2.24) is 0 Å². The number of hydrogen-bond donors (Lipinski definition) is 0. The Hall–Kier alpha value is 0.430. The lowest BCUT2D eigenvalue weighted by molar-refractivity contribution is 0.350. The summed E-state index contributed by atoms with van der Waals surface area (Å²) in [4.78, 5) is 0. The molecule has 0 aromatic carbocycles. The van der Waals surface area contributed by atoms with E-state index in [0.29, 0.717) is 12.2 Å². The fourth-order valence-corrected chi connectivity index (χ4v) is 4.91. The first kappa shape index (κ1) is 15.4. The number of rotatable bonds is 7. The third-order valence-electron chi connectivity index (χ3n) is 3.48. The van der Waals surface area contributed by atoms with Gasteiger partial charge in [-0.05, 0) is 31.6 Å². The molecule has 0 heterocycles. The van der Waals surface area contributed by atoms with Gasteiger partial charge in [-0.25, -0.2) is 8.42 Å². The fraction of sp³-hybridized carbons (Fsp3) is 1.00. The van der Waals surface area contributed by atoms with Gasteiger partial charge in [0.15, 0.2) is 9.84 Å². The van der Waals surface area contributed by atoms with Gasteiger partial charge < -0.3 is 0 Å². The number of halogens is 1. The van der Waals surface area contributed by atoms with Crippen LogP contribution in [0.3, 0.4) is 0 Å². The van der Waals surface area contributed by atoms with E-state index in [0.717, 1.165) is 18.2 Å². The Bertz CT molecular complexity index is 260. The molecule has 1 atom stereocenters. The molecule has 0 spiro atoms. The van der Waals surface area contributed by atoms with Crippen molar-refractivity contribution >= 4 is 25.8 Å². The van der Waals surface area contributed by atoms with Crippen molar-refractivity contribution in [3.8, 4) is 0 Å². The van der Waals surface area contributed by atoms with E-state index in [1.165, 1.54) is 0 Å². The Balaban J connectivity index is 4.82. The zero-order valence-corrected chi connectivity index (χ0v) is 12.6. The Morgan fingerprint density at radius 1 is 1.20 bits per heavy atom. The van der Waals surface area contributed by atoms with Crippen molar-refractivity contribution in [1.29, 1.82) is 0 Å². The molecule has 0 rings (SSSR count). The van der Waals surface area contributed by atoms with Gasteiger partial charge in [0.1, 0.15) is 0 Å². The molecule has 0 fully saturated rings. The van der Waals surface area contributed by atoms with E-state index in [-0.39, 0.29) is 10.7 Å². The molecular formula is C11H23BrO2S. The molecule has 0 aliphatic carbocycles. The molecule has 0 aliphatic heterocycles. The molecule has 0 saturated heterocycles. The van der Waals surface area contributed by atoms with Gasteiger partial charge in [0, 0.05) is 5.33 Å². The topological polar surface area (TPSA) is 34.1 Å². The van der Waals surface area contributed by atoms with Crippen LogP contribution in [0.5, 0.6) is 0 Å². The fourth-order valence-electron chi connectivity index (χ4n) is 1.50. The van der Waals surface area contributed by atoms with Gasteiger partial charge >= 0.3 is 0 Å². The largest absolute Gasteiger partial charge is 0.229 e. The molecule has 0 amide bonds. The van der Waals surface area contributed by atoms with Crippen LogP contribution < -0.4 is 0 Å². The smallest absolute Gasteiger partial charge is 0.153 e. The molecule has 0 bridgehead atoms. The summed E-state index contributed by atoms with van der Waals surface area (Å²) in [7, 11) is -2.93. The molecule has 15 heavy (non-hydrogen) atoms. The van der Waals surface area contributed by atoms with E-state index >= 15 is 0 Å². The Morgan fingerprint density at radius 2 is 1.67 bits per heavy atom. The summed E-state index contributed by atoms with van der Waals surface area (Å²) < 4.78 is 24.1. The minimum Gasteiger partial charge on any atom is -0.229 e. The van der Waals surface area contributed by atoms with Crippen molar-refractivity contribution < 1.29 is 8.42 Å².